The van der Waals surface area contributed by atoms with Crippen LogP contribution in [0.1, 0.15) is 22.3 Å². The van der Waals surface area contributed by atoms with Crippen LogP contribution in [-0.4, -0.2) is 28.4 Å². The Bertz CT molecular complexity index is 2530. The number of anilines is 6. The zero-order chi connectivity index (χ0) is 39.3. The molecule has 6 aromatic carbocycles. The van der Waals surface area contributed by atoms with Gasteiger partial charge in [-0.2, -0.15) is 0 Å². The number of fused-ring (bicyclic) bond motifs is 6. The predicted octanol–water partition coefficient (Wildman–Crippen LogP) is 13.8. The molecule has 10 rings (SSSR count). The van der Waals surface area contributed by atoms with Crippen molar-refractivity contribution in [3.05, 3.63) is 179 Å². The van der Waals surface area contributed by atoms with Gasteiger partial charge in [0, 0.05) is 50.8 Å². The summed E-state index contributed by atoms with van der Waals surface area (Å²) in [5, 5.41) is 4.45. The molecule has 2 aliphatic rings. The Morgan fingerprint density at radius 1 is 0.310 bits per heavy atom. The van der Waals surface area contributed by atoms with Crippen LogP contribution in [0.15, 0.2) is 156 Å². The molecule has 2 aliphatic carbocycles. The number of ether oxygens (including phenoxy) is 4. The average Bonchev–Trinajstić information content (AvgIpc) is 4.07. The van der Waals surface area contributed by atoms with Gasteiger partial charge in [0.25, 0.3) is 0 Å². The second-order valence-electron chi connectivity index (χ2n) is 14.0. The Morgan fingerprint density at radius 3 is 0.914 bits per heavy atom. The Morgan fingerprint density at radius 2 is 0.603 bits per heavy atom. The first-order valence-electron chi connectivity index (χ1n) is 18.9. The zero-order valence-electron chi connectivity index (χ0n) is 32.4. The number of rotatable bonds is 10. The molecule has 0 N–H and O–H groups in total. The van der Waals surface area contributed by atoms with Crippen molar-refractivity contribution in [1.29, 1.82) is 0 Å². The van der Waals surface area contributed by atoms with Gasteiger partial charge in [0.2, 0.25) is 0 Å². The quantitative estimate of drug-likeness (QED) is 0.137. The molecule has 58 heavy (non-hydrogen) atoms. The molecule has 8 aromatic rings. The van der Waals surface area contributed by atoms with E-state index in [1.165, 1.54) is 54.3 Å². The molecular weight excluding hydrogens is 757 g/mol. The third kappa shape index (κ3) is 5.92. The van der Waals surface area contributed by atoms with Gasteiger partial charge >= 0.3 is 0 Å². The largest absolute Gasteiger partial charge is 0.497 e. The molecule has 6 nitrogen and oxygen atoms in total. The first kappa shape index (κ1) is 35.7. The molecule has 8 heteroatoms. The summed E-state index contributed by atoms with van der Waals surface area (Å²) < 4.78 is 22.2. The van der Waals surface area contributed by atoms with Crippen LogP contribution in [-0.2, 0) is 0 Å². The normalized spacial score (nSPS) is 12.1. The lowest BCUT2D eigenvalue weighted by Crippen LogP contribution is -2.10. The van der Waals surface area contributed by atoms with Crippen molar-refractivity contribution in [2.24, 2.45) is 0 Å². The molecule has 0 fully saturated rings. The van der Waals surface area contributed by atoms with Gasteiger partial charge in [0.15, 0.2) is 0 Å². The summed E-state index contributed by atoms with van der Waals surface area (Å²) in [6, 6.07) is 51.3. The highest BCUT2D eigenvalue weighted by molar-refractivity contribution is 7.21. The lowest BCUT2D eigenvalue weighted by molar-refractivity contribution is 0.414. The standard InChI is InChI=1S/C50H38N2O4S2/c1-53-37-15-5-31(6-16-37)51(32-7-17-38(54-2)18-8-32)35-13-23-41-42-24-14-36(52(33-9-19-39(55-3)20-10-33)34-11-21-40(56-4)22-12-34)30-46(42)48(45(41)29-35)47-43-25-27-57-49(43)50-44(47)26-28-58-50/h5-30H,1-4H3. The molecule has 2 heterocycles. The Kier molecular flexibility index (Phi) is 9.00. The molecular formula is C50H38N2O4S2. The Labute approximate surface area is 346 Å². The van der Waals surface area contributed by atoms with Crippen molar-refractivity contribution in [2.75, 3.05) is 38.2 Å². The van der Waals surface area contributed by atoms with Gasteiger partial charge in [0.05, 0.1) is 38.2 Å². The Balaban J connectivity index is 1.19. The van der Waals surface area contributed by atoms with Crippen LogP contribution >= 0.6 is 22.7 Å². The highest BCUT2D eigenvalue weighted by atomic mass is 32.1. The third-order valence-electron chi connectivity index (χ3n) is 11.0. The van der Waals surface area contributed by atoms with E-state index in [0.29, 0.717) is 0 Å². The van der Waals surface area contributed by atoms with Crippen molar-refractivity contribution in [3.8, 4) is 43.9 Å². The Hall–Kier alpha value is -6.74. The first-order valence-corrected chi connectivity index (χ1v) is 20.7. The van der Waals surface area contributed by atoms with Gasteiger partial charge in [0.1, 0.15) is 23.0 Å². The monoisotopic (exact) mass is 794 g/mol. The fraction of sp³-hybridized carbons (Fsp3) is 0.0800. The fourth-order valence-corrected chi connectivity index (χ4v) is 10.2. The maximum absolute atomic E-state index is 5.55. The molecule has 284 valence electrons. The first-order chi connectivity index (χ1) is 28.6. The van der Waals surface area contributed by atoms with Crippen LogP contribution in [0.25, 0.3) is 32.0 Å². The molecule has 0 amide bonds. The van der Waals surface area contributed by atoms with E-state index in [-0.39, 0.29) is 0 Å². The van der Waals surface area contributed by atoms with Gasteiger partial charge < -0.3 is 28.7 Å². The molecule has 0 atom stereocenters. The summed E-state index contributed by atoms with van der Waals surface area (Å²) in [5.41, 5.74) is 16.1. The van der Waals surface area contributed by atoms with Crippen molar-refractivity contribution in [2.45, 2.75) is 0 Å². The molecule has 0 unspecified atom stereocenters. The topological polar surface area (TPSA) is 43.4 Å². The van der Waals surface area contributed by atoms with E-state index in [1.807, 2.05) is 71.2 Å². The number of thiophene rings is 2. The van der Waals surface area contributed by atoms with Crippen molar-refractivity contribution in [3.63, 3.8) is 0 Å². The maximum atomic E-state index is 5.55. The summed E-state index contributed by atoms with van der Waals surface area (Å²) in [5.74, 6) is 3.23. The molecule has 0 aliphatic heterocycles. The van der Waals surface area contributed by atoms with Crippen molar-refractivity contribution < 1.29 is 18.9 Å². The van der Waals surface area contributed by atoms with E-state index in [9.17, 15) is 0 Å². The van der Waals surface area contributed by atoms with Crippen LogP contribution in [0.4, 0.5) is 34.1 Å². The van der Waals surface area contributed by atoms with Crippen LogP contribution in [0, 0.1) is 0 Å². The fourth-order valence-electron chi connectivity index (χ4n) is 8.24. The van der Waals surface area contributed by atoms with Crippen molar-refractivity contribution in [1.82, 2.24) is 0 Å². The third-order valence-corrected chi connectivity index (χ3v) is 13.0. The highest BCUT2D eigenvalue weighted by Gasteiger charge is 2.35. The number of hydrogen-bond acceptors (Lipinski definition) is 8. The van der Waals surface area contributed by atoms with E-state index >= 15 is 0 Å². The molecule has 0 spiro atoms. The molecule has 2 aromatic heterocycles. The summed E-state index contributed by atoms with van der Waals surface area (Å²) >= 11 is 3.64. The van der Waals surface area contributed by atoms with Gasteiger partial charge in [-0.3, -0.25) is 0 Å². The predicted molar refractivity (Wildman–Crippen MR) is 240 cm³/mol. The second-order valence-corrected chi connectivity index (χ2v) is 15.8. The van der Waals surface area contributed by atoms with Crippen LogP contribution < -0.4 is 28.7 Å². The minimum absolute atomic E-state index is 0.809. The number of nitrogens with zero attached hydrogens (tertiary/aromatic N) is 2. The number of hydrogen-bond donors (Lipinski definition) is 0. The number of methoxy groups -OCH3 is 4. The maximum Gasteiger partial charge on any atom is 0.119 e. The minimum atomic E-state index is 0.809. The molecule has 0 saturated carbocycles. The zero-order valence-corrected chi connectivity index (χ0v) is 34.0. The van der Waals surface area contributed by atoms with Gasteiger partial charge in [-0.05, 0) is 172 Å². The lowest BCUT2D eigenvalue weighted by Gasteiger charge is -2.27. The van der Waals surface area contributed by atoms with E-state index in [2.05, 4.69) is 118 Å². The average molecular weight is 795 g/mol. The summed E-state index contributed by atoms with van der Waals surface area (Å²) in [6.45, 7) is 0. The molecule has 0 saturated heterocycles. The van der Waals surface area contributed by atoms with Gasteiger partial charge in [-0.25, -0.2) is 0 Å². The number of benzene rings is 6. The summed E-state index contributed by atoms with van der Waals surface area (Å²) in [7, 11) is 6.79. The van der Waals surface area contributed by atoms with E-state index < -0.39 is 0 Å². The van der Waals surface area contributed by atoms with E-state index in [4.69, 9.17) is 18.9 Å². The van der Waals surface area contributed by atoms with E-state index in [1.54, 1.807) is 28.4 Å². The minimum Gasteiger partial charge on any atom is -0.497 e. The second kappa shape index (κ2) is 14.6. The van der Waals surface area contributed by atoms with Gasteiger partial charge in [-0.1, -0.05) is 12.1 Å². The van der Waals surface area contributed by atoms with Crippen molar-refractivity contribution >= 4 is 67.9 Å². The van der Waals surface area contributed by atoms with Crippen LogP contribution in [0.2, 0.25) is 0 Å². The molecule has 0 bridgehead atoms. The van der Waals surface area contributed by atoms with Gasteiger partial charge in [-0.15, -0.1) is 22.7 Å². The lowest BCUT2D eigenvalue weighted by atomic mass is 9.92. The highest BCUT2D eigenvalue weighted by Crippen LogP contribution is 2.58. The van der Waals surface area contributed by atoms with E-state index in [0.717, 1.165) is 57.1 Å². The van der Waals surface area contributed by atoms with Crippen LogP contribution in [0.3, 0.4) is 0 Å². The summed E-state index contributed by atoms with van der Waals surface area (Å²) in [4.78, 5) is 7.27. The van der Waals surface area contributed by atoms with Crippen LogP contribution in [0.5, 0.6) is 23.0 Å². The molecule has 0 radical (unpaired) electrons. The SMILES string of the molecule is COc1ccc(N(c2ccc(OC)cc2)c2ccc3c(c2)C(=C2c4ccsc4-c4sccc42)c2cc(N(c4ccc(OC)cc4)c4ccc(OC)cc4)ccc2-3)cc1. The smallest absolute Gasteiger partial charge is 0.119 e. The summed E-state index contributed by atoms with van der Waals surface area (Å²) in [6.07, 6.45) is 0.